The minimum absolute atomic E-state index is 0.0905. The molecular formula is C17H13N3O4. The molecule has 0 radical (unpaired) electrons. The molecule has 4 aromatic rings. The van der Waals surface area contributed by atoms with E-state index < -0.39 is 4.92 Å². The number of benzene rings is 2. The Morgan fingerprint density at radius 3 is 2.50 bits per heavy atom. The highest BCUT2D eigenvalue weighted by Crippen LogP contribution is 2.33. The van der Waals surface area contributed by atoms with E-state index in [1.54, 1.807) is 6.07 Å². The van der Waals surface area contributed by atoms with Crippen molar-refractivity contribution in [3.05, 3.63) is 62.9 Å². The van der Waals surface area contributed by atoms with Gasteiger partial charge in [-0.2, -0.15) is 0 Å². The van der Waals surface area contributed by atoms with Gasteiger partial charge in [-0.1, -0.05) is 18.2 Å². The van der Waals surface area contributed by atoms with Gasteiger partial charge in [0.1, 0.15) is 12.6 Å². The molecule has 0 amide bonds. The molecule has 4 rings (SSSR count). The van der Waals surface area contributed by atoms with Crippen LogP contribution in [-0.2, 0) is 7.05 Å². The standard InChI is InChI=1S/C17H13N3O4/c1-18-13-6-4-3-5-11(13)15-12-8-7-10(20(22)23)9-14(12)19(24-2)17(21)16(15)18/h3-9H,1-2H3. The smallest absolute Gasteiger partial charge is 0.308 e. The molecule has 2 aromatic heterocycles. The lowest BCUT2D eigenvalue weighted by molar-refractivity contribution is -0.384. The molecule has 120 valence electrons. The summed E-state index contributed by atoms with van der Waals surface area (Å²) in [5, 5.41) is 13.5. The average molecular weight is 323 g/mol. The van der Waals surface area contributed by atoms with Crippen LogP contribution in [0.3, 0.4) is 0 Å². The van der Waals surface area contributed by atoms with Crippen molar-refractivity contribution in [3.63, 3.8) is 0 Å². The molecule has 7 nitrogen and oxygen atoms in total. The number of aromatic nitrogens is 2. The van der Waals surface area contributed by atoms with Gasteiger partial charge in [0.25, 0.3) is 5.69 Å². The number of fused-ring (bicyclic) bond motifs is 5. The fraction of sp³-hybridized carbons (Fsp3) is 0.118. The van der Waals surface area contributed by atoms with Gasteiger partial charge in [-0.05, 0) is 12.1 Å². The fourth-order valence-corrected chi connectivity index (χ4v) is 3.32. The van der Waals surface area contributed by atoms with Crippen LogP contribution in [-0.4, -0.2) is 21.3 Å². The Morgan fingerprint density at radius 1 is 1.08 bits per heavy atom. The predicted octanol–water partition coefficient (Wildman–Crippen LogP) is 2.61. The quantitative estimate of drug-likeness (QED) is 0.419. The van der Waals surface area contributed by atoms with Crippen molar-refractivity contribution in [2.45, 2.75) is 0 Å². The van der Waals surface area contributed by atoms with Crippen molar-refractivity contribution >= 4 is 38.4 Å². The lowest BCUT2D eigenvalue weighted by atomic mass is 10.1. The number of hydrogen-bond donors (Lipinski definition) is 0. The Hall–Kier alpha value is -3.35. The Kier molecular flexibility index (Phi) is 2.86. The first kappa shape index (κ1) is 14.3. The van der Waals surface area contributed by atoms with Crippen molar-refractivity contribution in [1.29, 1.82) is 0 Å². The zero-order valence-corrected chi connectivity index (χ0v) is 13.0. The van der Waals surface area contributed by atoms with Crippen molar-refractivity contribution in [2.24, 2.45) is 7.05 Å². The van der Waals surface area contributed by atoms with Gasteiger partial charge < -0.3 is 9.40 Å². The van der Waals surface area contributed by atoms with Gasteiger partial charge >= 0.3 is 5.56 Å². The van der Waals surface area contributed by atoms with Gasteiger partial charge in [-0.25, -0.2) is 0 Å². The van der Waals surface area contributed by atoms with E-state index in [1.165, 1.54) is 19.2 Å². The third-order valence-electron chi connectivity index (χ3n) is 4.36. The number of nitro groups is 1. The maximum absolute atomic E-state index is 12.9. The van der Waals surface area contributed by atoms with Crippen LogP contribution in [0.5, 0.6) is 0 Å². The third-order valence-corrected chi connectivity index (χ3v) is 4.36. The van der Waals surface area contributed by atoms with E-state index in [4.69, 9.17) is 4.84 Å². The SMILES string of the molecule is COn1c(=O)c2c(c3ccc([N+](=O)[O-])cc31)c1ccccc1n2C. The van der Waals surface area contributed by atoms with E-state index >= 15 is 0 Å². The van der Waals surface area contributed by atoms with Crippen LogP contribution < -0.4 is 10.4 Å². The van der Waals surface area contributed by atoms with Gasteiger partial charge in [0, 0.05) is 40.9 Å². The van der Waals surface area contributed by atoms with Crippen molar-refractivity contribution in [3.8, 4) is 0 Å². The molecule has 2 heterocycles. The maximum Gasteiger partial charge on any atom is 0.308 e. The maximum atomic E-state index is 12.9. The van der Waals surface area contributed by atoms with Crippen molar-refractivity contribution in [1.82, 2.24) is 9.30 Å². The lowest BCUT2D eigenvalue weighted by Gasteiger charge is -2.10. The van der Waals surface area contributed by atoms with Crippen LogP contribution in [0.25, 0.3) is 32.7 Å². The Bertz CT molecular complexity index is 1200. The summed E-state index contributed by atoms with van der Waals surface area (Å²) in [4.78, 5) is 28.7. The summed E-state index contributed by atoms with van der Waals surface area (Å²) in [5.74, 6) is 0. The minimum atomic E-state index is -0.489. The number of rotatable bonds is 2. The second kappa shape index (κ2) is 4.82. The molecule has 0 aliphatic heterocycles. The zero-order valence-electron chi connectivity index (χ0n) is 13.0. The van der Waals surface area contributed by atoms with Crippen LogP contribution in [0, 0.1) is 10.1 Å². The highest BCUT2D eigenvalue weighted by Gasteiger charge is 2.20. The molecule has 24 heavy (non-hydrogen) atoms. The van der Waals surface area contributed by atoms with E-state index in [-0.39, 0.29) is 11.2 Å². The fourth-order valence-electron chi connectivity index (χ4n) is 3.32. The summed E-state index contributed by atoms with van der Waals surface area (Å²) in [5.41, 5.74) is 1.35. The molecular weight excluding hydrogens is 310 g/mol. The van der Waals surface area contributed by atoms with Gasteiger partial charge in [-0.3, -0.25) is 14.9 Å². The van der Waals surface area contributed by atoms with Crippen LogP contribution in [0.4, 0.5) is 5.69 Å². The number of pyridine rings is 1. The van der Waals surface area contributed by atoms with Crippen LogP contribution in [0.15, 0.2) is 47.3 Å². The van der Waals surface area contributed by atoms with E-state index in [0.717, 1.165) is 26.4 Å². The molecule has 0 bridgehead atoms. The van der Waals surface area contributed by atoms with Gasteiger partial charge in [0.15, 0.2) is 0 Å². The summed E-state index contributed by atoms with van der Waals surface area (Å²) in [6.07, 6.45) is 0. The molecule has 0 spiro atoms. The zero-order chi connectivity index (χ0) is 17.0. The van der Waals surface area contributed by atoms with E-state index in [9.17, 15) is 14.9 Å². The first-order valence-electron chi connectivity index (χ1n) is 7.29. The van der Waals surface area contributed by atoms with E-state index in [0.29, 0.717) is 11.0 Å². The Morgan fingerprint density at radius 2 is 1.79 bits per heavy atom. The van der Waals surface area contributed by atoms with Crippen molar-refractivity contribution in [2.75, 3.05) is 7.11 Å². The third kappa shape index (κ3) is 1.69. The molecule has 0 aliphatic rings. The van der Waals surface area contributed by atoms with Crippen LogP contribution >= 0.6 is 0 Å². The molecule has 7 heteroatoms. The molecule has 0 aliphatic carbocycles. The number of hydrogen-bond acceptors (Lipinski definition) is 4. The lowest BCUT2D eigenvalue weighted by Crippen LogP contribution is -2.26. The summed E-state index contributed by atoms with van der Waals surface area (Å²) in [6.45, 7) is 0. The van der Waals surface area contributed by atoms with Crippen molar-refractivity contribution < 1.29 is 9.76 Å². The van der Waals surface area contributed by atoms with Gasteiger partial charge in [0.05, 0.1) is 10.4 Å². The first-order chi connectivity index (χ1) is 11.5. The molecule has 0 saturated carbocycles. The molecule has 0 fully saturated rings. The number of nitro benzene ring substituents is 1. The van der Waals surface area contributed by atoms with Crippen LogP contribution in [0.1, 0.15) is 0 Å². The predicted molar refractivity (Wildman–Crippen MR) is 91.3 cm³/mol. The van der Waals surface area contributed by atoms with Crippen LogP contribution in [0.2, 0.25) is 0 Å². The highest BCUT2D eigenvalue weighted by molar-refractivity contribution is 6.19. The van der Waals surface area contributed by atoms with E-state index in [1.807, 2.05) is 35.9 Å². The molecule has 2 aromatic carbocycles. The second-order valence-corrected chi connectivity index (χ2v) is 5.54. The average Bonchev–Trinajstić information content (AvgIpc) is 2.89. The number of non-ortho nitro benzene ring substituents is 1. The molecule has 0 atom stereocenters. The monoisotopic (exact) mass is 323 g/mol. The van der Waals surface area contributed by atoms with Gasteiger partial charge in [-0.15, -0.1) is 4.73 Å². The largest absolute Gasteiger partial charge is 0.413 e. The first-order valence-corrected chi connectivity index (χ1v) is 7.29. The number of nitrogens with zero attached hydrogens (tertiary/aromatic N) is 3. The Labute approximate surface area is 135 Å². The topological polar surface area (TPSA) is 79.3 Å². The summed E-state index contributed by atoms with van der Waals surface area (Å²) in [7, 11) is 3.19. The van der Waals surface area contributed by atoms with Gasteiger partial charge in [0.2, 0.25) is 0 Å². The second-order valence-electron chi connectivity index (χ2n) is 5.54. The summed E-state index contributed by atoms with van der Waals surface area (Å²) in [6, 6.07) is 12.1. The summed E-state index contributed by atoms with van der Waals surface area (Å²) >= 11 is 0. The highest BCUT2D eigenvalue weighted by atomic mass is 16.7. The number of aryl methyl sites for hydroxylation is 1. The number of para-hydroxylation sites is 1. The molecule has 0 saturated heterocycles. The molecule has 0 N–H and O–H groups in total. The minimum Gasteiger partial charge on any atom is -0.413 e. The normalized spacial score (nSPS) is 11.4. The molecule has 0 unspecified atom stereocenters. The Balaban J connectivity index is 2.36. The van der Waals surface area contributed by atoms with E-state index in [2.05, 4.69) is 0 Å². The summed E-state index contributed by atoms with van der Waals surface area (Å²) < 4.78 is 2.92.